The minimum atomic E-state index is 0.374. The topological polar surface area (TPSA) is 43.8 Å². The lowest BCUT2D eigenvalue weighted by Crippen LogP contribution is -2.17. The van der Waals surface area contributed by atoms with Crippen molar-refractivity contribution in [1.82, 2.24) is 9.78 Å². The summed E-state index contributed by atoms with van der Waals surface area (Å²) in [7, 11) is 0. The van der Waals surface area contributed by atoms with Crippen molar-refractivity contribution in [1.29, 1.82) is 0 Å². The van der Waals surface area contributed by atoms with Crippen LogP contribution >= 0.6 is 11.6 Å². The number of nitrogen functional groups attached to an aromatic ring is 1. The first kappa shape index (κ1) is 10.8. The molecular weight excluding hydrogens is 210 g/mol. The molecule has 0 radical (unpaired) electrons. The molecular formula is C11H18ClN3. The van der Waals surface area contributed by atoms with Gasteiger partial charge in [-0.3, -0.25) is 0 Å². The van der Waals surface area contributed by atoms with Gasteiger partial charge in [-0.1, -0.05) is 24.4 Å². The second-order valence-corrected chi connectivity index (χ2v) is 4.89. The van der Waals surface area contributed by atoms with Crippen molar-refractivity contribution < 1.29 is 0 Å². The van der Waals surface area contributed by atoms with Gasteiger partial charge in [-0.2, -0.15) is 5.10 Å². The largest absolute Gasteiger partial charge is 0.383 e. The second-order valence-electron chi connectivity index (χ2n) is 4.51. The lowest BCUT2D eigenvalue weighted by atomic mass is 10.0. The average molecular weight is 228 g/mol. The van der Waals surface area contributed by atoms with E-state index in [1.165, 1.54) is 25.7 Å². The maximum Gasteiger partial charge on any atom is 0.141 e. The van der Waals surface area contributed by atoms with E-state index in [9.17, 15) is 0 Å². The first-order valence-corrected chi connectivity index (χ1v) is 5.99. The van der Waals surface area contributed by atoms with Crippen LogP contribution in [0.15, 0.2) is 0 Å². The Balaban J connectivity index is 2.24. The number of aryl methyl sites for hydroxylation is 1. The van der Waals surface area contributed by atoms with E-state index >= 15 is 0 Å². The maximum atomic E-state index is 6.04. The maximum absolute atomic E-state index is 6.04. The van der Waals surface area contributed by atoms with Gasteiger partial charge in [-0.15, -0.1) is 0 Å². The summed E-state index contributed by atoms with van der Waals surface area (Å²) in [6.45, 7) is 4.09. The molecule has 1 fully saturated rings. The van der Waals surface area contributed by atoms with Crippen LogP contribution in [0.1, 0.15) is 44.3 Å². The molecule has 0 aliphatic heterocycles. The summed E-state index contributed by atoms with van der Waals surface area (Å²) in [4.78, 5) is 0. The fourth-order valence-corrected chi connectivity index (χ4v) is 2.62. The van der Waals surface area contributed by atoms with Crippen LogP contribution in [0.4, 0.5) is 5.82 Å². The van der Waals surface area contributed by atoms with Crippen molar-refractivity contribution in [3.05, 3.63) is 10.7 Å². The molecule has 15 heavy (non-hydrogen) atoms. The number of hydrogen-bond acceptors (Lipinski definition) is 2. The summed E-state index contributed by atoms with van der Waals surface area (Å²) in [5.41, 5.74) is 6.77. The van der Waals surface area contributed by atoms with E-state index in [2.05, 4.69) is 12.0 Å². The first-order chi connectivity index (χ1) is 7.11. The second kappa shape index (κ2) is 4.05. The Hall–Kier alpha value is -0.700. The van der Waals surface area contributed by atoms with Crippen LogP contribution in [0, 0.1) is 12.8 Å². The Kier molecular flexibility index (Phi) is 2.91. The standard InChI is InChI=1S/C11H18ClN3/c1-7-10(12)11(13)15(14-7)8(2)9-5-3-4-6-9/h8-9H,3-6,13H2,1-2H3. The van der Waals surface area contributed by atoms with Crippen LogP contribution in [-0.2, 0) is 0 Å². The average Bonchev–Trinajstić information content (AvgIpc) is 2.82. The molecule has 1 saturated carbocycles. The van der Waals surface area contributed by atoms with Crippen LogP contribution in [0.3, 0.4) is 0 Å². The zero-order valence-electron chi connectivity index (χ0n) is 9.33. The minimum Gasteiger partial charge on any atom is -0.383 e. The molecule has 1 aliphatic carbocycles. The molecule has 0 saturated heterocycles. The zero-order chi connectivity index (χ0) is 11.0. The fourth-order valence-electron chi connectivity index (χ4n) is 2.50. The van der Waals surface area contributed by atoms with Crippen molar-refractivity contribution in [2.45, 2.75) is 45.6 Å². The van der Waals surface area contributed by atoms with Gasteiger partial charge in [0, 0.05) is 0 Å². The molecule has 1 unspecified atom stereocenters. The summed E-state index contributed by atoms with van der Waals surface area (Å²) in [6, 6.07) is 0.374. The van der Waals surface area contributed by atoms with Gasteiger partial charge in [0.25, 0.3) is 0 Å². The van der Waals surface area contributed by atoms with Crippen LogP contribution in [-0.4, -0.2) is 9.78 Å². The summed E-state index contributed by atoms with van der Waals surface area (Å²) in [5, 5.41) is 5.02. The van der Waals surface area contributed by atoms with Gasteiger partial charge in [0.1, 0.15) is 10.8 Å². The third kappa shape index (κ3) is 1.85. The van der Waals surface area contributed by atoms with Crippen molar-refractivity contribution in [3.8, 4) is 0 Å². The van der Waals surface area contributed by atoms with E-state index in [0.29, 0.717) is 22.8 Å². The molecule has 2 rings (SSSR count). The molecule has 3 nitrogen and oxygen atoms in total. The minimum absolute atomic E-state index is 0.374. The highest BCUT2D eigenvalue weighted by Crippen LogP contribution is 2.36. The quantitative estimate of drug-likeness (QED) is 0.844. The number of anilines is 1. The molecule has 2 N–H and O–H groups in total. The third-order valence-corrected chi connectivity index (χ3v) is 3.98. The number of aromatic nitrogens is 2. The van der Waals surface area contributed by atoms with E-state index in [4.69, 9.17) is 17.3 Å². The van der Waals surface area contributed by atoms with E-state index in [1.807, 2.05) is 11.6 Å². The highest BCUT2D eigenvalue weighted by molar-refractivity contribution is 6.33. The zero-order valence-corrected chi connectivity index (χ0v) is 10.1. The molecule has 0 amide bonds. The molecule has 84 valence electrons. The summed E-state index contributed by atoms with van der Waals surface area (Å²) in [5.74, 6) is 1.33. The monoisotopic (exact) mass is 227 g/mol. The molecule has 1 aromatic rings. The summed E-state index contributed by atoms with van der Waals surface area (Å²) >= 11 is 6.04. The van der Waals surface area contributed by atoms with E-state index in [0.717, 1.165) is 5.69 Å². The number of halogens is 1. The van der Waals surface area contributed by atoms with E-state index in [1.54, 1.807) is 0 Å². The molecule has 1 heterocycles. The summed E-state index contributed by atoms with van der Waals surface area (Å²) in [6.07, 6.45) is 5.25. The molecule has 0 aromatic carbocycles. The molecule has 1 aromatic heterocycles. The Morgan fingerprint density at radius 3 is 2.53 bits per heavy atom. The van der Waals surface area contributed by atoms with Crippen LogP contribution in [0.5, 0.6) is 0 Å². The van der Waals surface area contributed by atoms with Crippen molar-refractivity contribution in [3.63, 3.8) is 0 Å². The third-order valence-electron chi connectivity index (χ3n) is 3.51. The van der Waals surface area contributed by atoms with Crippen molar-refractivity contribution >= 4 is 17.4 Å². The van der Waals surface area contributed by atoms with Crippen LogP contribution < -0.4 is 5.73 Å². The van der Waals surface area contributed by atoms with Gasteiger partial charge < -0.3 is 5.73 Å². The van der Waals surface area contributed by atoms with Gasteiger partial charge in [0.2, 0.25) is 0 Å². The molecule has 0 bridgehead atoms. The summed E-state index contributed by atoms with van der Waals surface area (Å²) < 4.78 is 1.90. The van der Waals surface area contributed by atoms with E-state index in [-0.39, 0.29) is 0 Å². The highest BCUT2D eigenvalue weighted by Gasteiger charge is 2.25. The van der Waals surface area contributed by atoms with E-state index < -0.39 is 0 Å². The fraction of sp³-hybridized carbons (Fsp3) is 0.727. The van der Waals surface area contributed by atoms with Gasteiger partial charge in [0.05, 0.1) is 11.7 Å². The molecule has 4 heteroatoms. The molecule has 0 spiro atoms. The predicted molar refractivity (Wildman–Crippen MR) is 63.1 cm³/mol. The lowest BCUT2D eigenvalue weighted by Gasteiger charge is -2.20. The van der Waals surface area contributed by atoms with Crippen molar-refractivity contribution in [2.24, 2.45) is 5.92 Å². The van der Waals surface area contributed by atoms with Gasteiger partial charge in [-0.05, 0) is 32.6 Å². The lowest BCUT2D eigenvalue weighted by molar-refractivity contribution is 0.338. The Labute approximate surface area is 95.6 Å². The SMILES string of the molecule is Cc1nn(C(C)C2CCCC2)c(N)c1Cl. The number of rotatable bonds is 2. The normalized spacial score (nSPS) is 19.7. The van der Waals surface area contributed by atoms with Gasteiger partial charge in [0.15, 0.2) is 0 Å². The molecule has 1 atom stereocenters. The Morgan fingerprint density at radius 1 is 1.47 bits per heavy atom. The number of hydrogen-bond donors (Lipinski definition) is 1. The Morgan fingerprint density at radius 2 is 2.07 bits per heavy atom. The van der Waals surface area contributed by atoms with Crippen LogP contribution in [0.25, 0.3) is 0 Å². The van der Waals surface area contributed by atoms with Gasteiger partial charge in [-0.25, -0.2) is 4.68 Å². The van der Waals surface area contributed by atoms with Gasteiger partial charge >= 0.3 is 0 Å². The molecule has 1 aliphatic rings. The number of nitrogens with two attached hydrogens (primary N) is 1. The number of nitrogens with zero attached hydrogens (tertiary/aromatic N) is 2. The predicted octanol–water partition coefficient (Wildman–Crippen LogP) is 3.18. The van der Waals surface area contributed by atoms with Crippen molar-refractivity contribution in [2.75, 3.05) is 5.73 Å². The van der Waals surface area contributed by atoms with Crippen LogP contribution in [0.2, 0.25) is 5.02 Å². The smallest absolute Gasteiger partial charge is 0.141 e. The Bertz CT molecular complexity index is 353. The first-order valence-electron chi connectivity index (χ1n) is 5.61. The highest BCUT2D eigenvalue weighted by atomic mass is 35.5.